The van der Waals surface area contributed by atoms with Crippen molar-refractivity contribution in [1.29, 1.82) is 0 Å². The first-order valence-electron chi connectivity index (χ1n) is 9.01. The summed E-state index contributed by atoms with van der Waals surface area (Å²) < 4.78 is 12.9. The lowest BCUT2D eigenvalue weighted by molar-refractivity contribution is -0.117. The molecule has 1 spiro atoms. The molecule has 0 bridgehead atoms. The molecular formula is C19H22N4O3. The minimum absolute atomic E-state index is 0.0403. The van der Waals surface area contributed by atoms with E-state index in [1.54, 1.807) is 0 Å². The van der Waals surface area contributed by atoms with Gasteiger partial charge in [0, 0.05) is 56.1 Å². The molecule has 26 heavy (non-hydrogen) atoms. The van der Waals surface area contributed by atoms with Gasteiger partial charge in [0.25, 0.3) is 0 Å². The van der Waals surface area contributed by atoms with E-state index in [0.717, 1.165) is 55.6 Å². The Morgan fingerprint density at radius 3 is 2.96 bits per heavy atom. The molecule has 0 radical (unpaired) electrons. The predicted octanol–water partition coefficient (Wildman–Crippen LogP) is 1.78. The summed E-state index contributed by atoms with van der Waals surface area (Å²) in [4.78, 5) is 21.5. The van der Waals surface area contributed by atoms with Gasteiger partial charge in [-0.25, -0.2) is 4.98 Å². The second kappa shape index (κ2) is 5.74. The molecule has 7 heteroatoms. The van der Waals surface area contributed by atoms with E-state index >= 15 is 0 Å². The molecule has 0 saturated carbocycles. The van der Waals surface area contributed by atoms with Crippen LogP contribution in [0.4, 0.5) is 5.69 Å². The van der Waals surface area contributed by atoms with E-state index in [9.17, 15) is 4.79 Å². The van der Waals surface area contributed by atoms with Crippen LogP contribution in [0.25, 0.3) is 0 Å². The zero-order chi connectivity index (χ0) is 17.7. The molecule has 1 aromatic heterocycles. The zero-order valence-electron chi connectivity index (χ0n) is 14.9. The van der Waals surface area contributed by atoms with Crippen molar-refractivity contribution in [3.8, 4) is 11.5 Å². The molecule has 0 N–H and O–H groups in total. The van der Waals surface area contributed by atoms with Crippen LogP contribution in [-0.2, 0) is 18.4 Å². The van der Waals surface area contributed by atoms with Gasteiger partial charge < -0.3 is 18.9 Å². The Morgan fingerprint density at radius 1 is 1.23 bits per heavy atom. The van der Waals surface area contributed by atoms with Gasteiger partial charge in [0.2, 0.25) is 12.7 Å². The minimum Gasteiger partial charge on any atom is -0.454 e. The molecule has 0 aliphatic carbocycles. The lowest BCUT2D eigenvalue weighted by Crippen LogP contribution is -2.31. The summed E-state index contributed by atoms with van der Waals surface area (Å²) in [7, 11) is 2.02. The average molecular weight is 354 g/mol. The summed E-state index contributed by atoms with van der Waals surface area (Å²) in [5.41, 5.74) is 0.942. The van der Waals surface area contributed by atoms with Crippen molar-refractivity contribution in [3.05, 3.63) is 36.4 Å². The van der Waals surface area contributed by atoms with Gasteiger partial charge in [0.15, 0.2) is 11.5 Å². The molecule has 2 saturated heterocycles. The highest BCUT2D eigenvalue weighted by Gasteiger charge is 2.48. The van der Waals surface area contributed by atoms with Crippen LogP contribution in [0.1, 0.15) is 18.7 Å². The van der Waals surface area contributed by atoms with E-state index in [2.05, 4.69) is 14.5 Å². The van der Waals surface area contributed by atoms with Crippen molar-refractivity contribution in [1.82, 2.24) is 14.5 Å². The lowest BCUT2D eigenvalue weighted by atomic mass is 9.86. The Kier molecular flexibility index (Phi) is 3.46. The molecule has 2 aromatic rings. The number of rotatable bonds is 3. The molecule has 1 amide bonds. The normalized spacial score (nSPS) is 25.0. The Morgan fingerprint density at radius 2 is 2.12 bits per heavy atom. The highest BCUT2D eigenvalue weighted by Crippen LogP contribution is 2.44. The van der Waals surface area contributed by atoms with E-state index in [-0.39, 0.29) is 18.1 Å². The van der Waals surface area contributed by atoms with Crippen molar-refractivity contribution in [2.75, 3.05) is 31.3 Å². The van der Waals surface area contributed by atoms with Crippen LogP contribution in [0, 0.1) is 5.41 Å². The predicted molar refractivity (Wildman–Crippen MR) is 95.1 cm³/mol. The Labute approximate surface area is 152 Å². The highest BCUT2D eigenvalue weighted by atomic mass is 16.7. The fourth-order valence-electron chi connectivity index (χ4n) is 4.37. The van der Waals surface area contributed by atoms with Gasteiger partial charge in [0.05, 0.1) is 6.54 Å². The van der Waals surface area contributed by atoms with Gasteiger partial charge in [-0.15, -0.1) is 0 Å². The summed E-state index contributed by atoms with van der Waals surface area (Å²) >= 11 is 0. The molecule has 4 heterocycles. The number of nitrogens with zero attached hydrogens (tertiary/aromatic N) is 4. The van der Waals surface area contributed by atoms with Crippen molar-refractivity contribution in [2.24, 2.45) is 12.5 Å². The quantitative estimate of drug-likeness (QED) is 0.841. The second-order valence-corrected chi connectivity index (χ2v) is 7.61. The summed E-state index contributed by atoms with van der Waals surface area (Å²) in [5.74, 6) is 2.73. The number of hydrogen-bond acceptors (Lipinski definition) is 5. The third-order valence-electron chi connectivity index (χ3n) is 5.79. The first-order chi connectivity index (χ1) is 12.6. The van der Waals surface area contributed by atoms with Crippen LogP contribution in [0.2, 0.25) is 0 Å². The molecule has 3 aliphatic rings. The number of imidazole rings is 1. The van der Waals surface area contributed by atoms with Crippen LogP contribution in [0.5, 0.6) is 11.5 Å². The summed E-state index contributed by atoms with van der Waals surface area (Å²) in [6, 6.07) is 5.75. The van der Waals surface area contributed by atoms with E-state index in [1.165, 1.54) is 0 Å². The topological polar surface area (TPSA) is 59.8 Å². The minimum atomic E-state index is 0.0403. The van der Waals surface area contributed by atoms with Crippen molar-refractivity contribution in [3.63, 3.8) is 0 Å². The van der Waals surface area contributed by atoms with Gasteiger partial charge in [-0.3, -0.25) is 9.69 Å². The Bertz CT molecular complexity index is 864. The first-order valence-corrected chi connectivity index (χ1v) is 9.01. The second-order valence-electron chi connectivity index (χ2n) is 7.61. The summed E-state index contributed by atoms with van der Waals surface area (Å²) in [6.07, 6.45) is 5.46. The van der Waals surface area contributed by atoms with Crippen molar-refractivity contribution < 1.29 is 14.3 Å². The molecule has 5 rings (SSSR count). The Hall–Kier alpha value is -2.54. The van der Waals surface area contributed by atoms with Gasteiger partial charge >= 0.3 is 0 Å². The number of hydrogen-bond donors (Lipinski definition) is 0. The number of anilines is 1. The molecular weight excluding hydrogens is 332 g/mol. The third-order valence-corrected chi connectivity index (χ3v) is 5.79. The van der Waals surface area contributed by atoms with E-state index in [0.29, 0.717) is 6.42 Å². The molecule has 3 aliphatic heterocycles. The maximum atomic E-state index is 12.7. The third kappa shape index (κ3) is 2.54. The highest BCUT2D eigenvalue weighted by molar-refractivity contribution is 5.96. The average Bonchev–Trinajstić information content (AvgIpc) is 3.38. The molecule has 1 atom stereocenters. The van der Waals surface area contributed by atoms with E-state index < -0.39 is 0 Å². The van der Waals surface area contributed by atoms with Crippen LogP contribution in [-0.4, -0.2) is 46.8 Å². The standard InChI is InChI=1S/C19H22N4O3/c1-21-7-5-20-17(21)10-22-6-4-19(11-22)9-18(24)23(12-19)14-2-3-15-16(8-14)26-13-25-15/h2-3,5,7-8H,4,6,9-13H2,1H3/t19-/m1/s1. The number of carbonyl (C=O) groups excluding carboxylic acids is 1. The fourth-order valence-corrected chi connectivity index (χ4v) is 4.37. The molecule has 7 nitrogen and oxygen atoms in total. The monoisotopic (exact) mass is 354 g/mol. The van der Waals surface area contributed by atoms with Crippen LogP contribution in [0.15, 0.2) is 30.6 Å². The summed E-state index contributed by atoms with van der Waals surface area (Å²) in [5, 5.41) is 0. The van der Waals surface area contributed by atoms with Crippen molar-refractivity contribution in [2.45, 2.75) is 19.4 Å². The molecule has 2 fully saturated rings. The SMILES string of the molecule is Cn1ccnc1CN1CC[C@@]2(CC(=O)N(c3ccc4c(c3)OCO4)C2)C1. The number of aryl methyl sites for hydroxylation is 1. The van der Waals surface area contributed by atoms with Crippen LogP contribution in [0.3, 0.4) is 0 Å². The number of amides is 1. The smallest absolute Gasteiger partial charge is 0.231 e. The number of ether oxygens (including phenoxy) is 2. The van der Waals surface area contributed by atoms with Crippen molar-refractivity contribution >= 4 is 11.6 Å². The fraction of sp³-hybridized carbons (Fsp3) is 0.474. The number of carbonyl (C=O) groups is 1. The van der Waals surface area contributed by atoms with Gasteiger partial charge in [-0.05, 0) is 25.1 Å². The zero-order valence-corrected chi connectivity index (χ0v) is 14.9. The number of benzene rings is 1. The van der Waals surface area contributed by atoms with Gasteiger partial charge in [-0.1, -0.05) is 0 Å². The van der Waals surface area contributed by atoms with Gasteiger partial charge in [0.1, 0.15) is 5.82 Å². The maximum Gasteiger partial charge on any atom is 0.231 e. The van der Waals surface area contributed by atoms with Crippen LogP contribution < -0.4 is 14.4 Å². The Balaban J connectivity index is 1.31. The van der Waals surface area contributed by atoms with Gasteiger partial charge in [-0.2, -0.15) is 0 Å². The number of fused-ring (bicyclic) bond motifs is 1. The number of likely N-dealkylation sites (tertiary alicyclic amines) is 1. The molecule has 136 valence electrons. The first kappa shape index (κ1) is 15.7. The number of aromatic nitrogens is 2. The summed E-state index contributed by atoms with van der Waals surface area (Å²) in [6.45, 7) is 3.80. The van der Waals surface area contributed by atoms with Crippen LogP contribution >= 0.6 is 0 Å². The maximum absolute atomic E-state index is 12.7. The van der Waals surface area contributed by atoms with E-state index in [1.807, 2.05) is 42.5 Å². The molecule has 1 aromatic carbocycles. The largest absolute Gasteiger partial charge is 0.454 e. The molecule has 0 unspecified atom stereocenters. The van der Waals surface area contributed by atoms with E-state index in [4.69, 9.17) is 9.47 Å². The lowest BCUT2D eigenvalue weighted by Gasteiger charge is -2.24.